The molecule has 1 aliphatic rings. The van der Waals surface area contributed by atoms with Crippen LogP contribution >= 0.6 is 11.3 Å². The topological polar surface area (TPSA) is 58.1 Å². The van der Waals surface area contributed by atoms with E-state index in [1.807, 2.05) is 39.6 Å². The fraction of sp³-hybridized carbons (Fsp3) is 0.588. The van der Waals surface area contributed by atoms with Crippen molar-refractivity contribution < 1.29 is 4.79 Å². The Balaban J connectivity index is 1.94. The molecule has 0 unspecified atom stereocenters. The maximum absolute atomic E-state index is 12.2. The molecule has 2 heterocycles. The van der Waals surface area contributed by atoms with E-state index in [1.165, 1.54) is 16.9 Å². The molecule has 0 aromatic carbocycles. The molecule has 23 heavy (non-hydrogen) atoms. The minimum Gasteiger partial charge on any atom is -0.350 e. The van der Waals surface area contributed by atoms with Gasteiger partial charge in [-0.1, -0.05) is 0 Å². The van der Waals surface area contributed by atoms with Crippen molar-refractivity contribution in [2.45, 2.75) is 52.5 Å². The van der Waals surface area contributed by atoms with Gasteiger partial charge in [0.1, 0.15) is 16.5 Å². The highest BCUT2D eigenvalue weighted by Crippen LogP contribution is 2.40. The molecule has 0 bridgehead atoms. The standard InChI is InChI=1S/C17H24N4OS/c1-10-18-15(21(5)9-13(22)20-17(2,3)4)14-11-7-6-8-12(11)23-16(14)19-10/h6-9H2,1-5H3,(H,20,22). The van der Waals surface area contributed by atoms with Gasteiger partial charge in [-0.3, -0.25) is 4.79 Å². The van der Waals surface area contributed by atoms with E-state index < -0.39 is 0 Å². The van der Waals surface area contributed by atoms with Crippen LogP contribution in [0.25, 0.3) is 10.2 Å². The molecule has 124 valence electrons. The Hall–Kier alpha value is -1.69. The van der Waals surface area contributed by atoms with E-state index >= 15 is 0 Å². The van der Waals surface area contributed by atoms with Crippen molar-refractivity contribution in [1.82, 2.24) is 15.3 Å². The average molecular weight is 332 g/mol. The molecular formula is C17H24N4OS. The van der Waals surface area contributed by atoms with Gasteiger partial charge in [0, 0.05) is 17.5 Å². The fourth-order valence-electron chi connectivity index (χ4n) is 3.10. The van der Waals surface area contributed by atoms with Gasteiger partial charge in [-0.05, 0) is 52.5 Å². The number of carbonyl (C=O) groups excluding carboxylic acids is 1. The number of carbonyl (C=O) groups is 1. The van der Waals surface area contributed by atoms with E-state index in [0.29, 0.717) is 6.54 Å². The van der Waals surface area contributed by atoms with Crippen molar-refractivity contribution in [3.63, 3.8) is 0 Å². The molecule has 1 amide bonds. The second-order valence-electron chi connectivity index (χ2n) is 7.29. The van der Waals surface area contributed by atoms with Crippen LogP contribution in [0.1, 0.15) is 43.5 Å². The summed E-state index contributed by atoms with van der Waals surface area (Å²) in [5.74, 6) is 1.66. The lowest BCUT2D eigenvalue weighted by molar-refractivity contribution is -0.121. The molecule has 1 N–H and O–H groups in total. The summed E-state index contributed by atoms with van der Waals surface area (Å²) in [4.78, 5) is 25.9. The van der Waals surface area contributed by atoms with Gasteiger partial charge < -0.3 is 10.2 Å². The van der Waals surface area contributed by atoms with Crippen LogP contribution in [-0.2, 0) is 17.6 Å². The van der Waals surface area contributed by atoms with Crippen molar-refractivity contribution >= 4 is 33.3 Å². The Morgan fingerprint density at radius 1 is 1.30 bits per heavy atom. The zero-order valence-electron chi connectivity index (χ0n) is 14.5. The molecule has 6 heteroatoms. The van der Waals surface area contributed by atoms with Gasteiger partial charge in [0.2, 0.25) is 5.91 Å². The van der Waals surface area contributed by atoms with Gasteiger partial charge in [0.05, 0.1) is 11.9 Å². The fourth-order valence-corrected chi connectivity index (χ4v) is 4.41. The molecule has 0 saturated heterocycles. The van der Waals surface area contributed by atoms with E-state index in [2.05, 4.69) is 15.3 Å². The van der Waals surface area contributed by atoms with E-state index in [0.717, 1.165) is 34.7 Å². The molecule has 1 aliphatic carbocycles. The van der Waals surface area contributed by atoms with E-state index in [1.54, 1.807) is 11.3 Å². The lowest BCUT2D eigenvalue weighted by atomic mass is 10.1. The normalized spacial score (nSPS) is 14.1. The first kappa shape index (κ1) is 16.2. The SMILES string of the molecule is Cc1nc(N(C)CC(=O)NC(C)(C)C)c2c3c(sc2n1)CCC3. The molecule has 0 aliphatic heterocycles. The number of aromatic nitrogens is 2. The van der Waals surface area contributed by atoms with Crippen LogP contribution in [0.15, 0.2) is 0 Å². The summed E-state index contributed by atoms with van der Waals surface area (Å²) >= 11 is 1.78. The van der Waals surface area contributed by atoms with Crippen LogP contribution in [-0.4, -0.2) is 35.0 Å². The molecule has 5 nitrogen and oxygen atoms in total. The second-order valence-corrected chi connectivity index (χ2v) is 8.37. The predicted molar refractivity (Wildman–Crippen MR) is 95.3 cm³/mol. The number of rotatable bonds is 3. The maximum atomic E-state index is 12.2. The van der Waals surface area contributed by atoms with Gasteiger partial charge >= 0.3 is 0 Å². The van der Waals surface area contributed by atoms with Gasteiger partial charge in [-0.2, -0.15) is 0 Å². The van der Waals surface area contributed by atoms with Gasteiger partial charge in [0.25, 0.3) is 0 Å². The molecular weight excluding hydrogens is 308 g/mol. The molecule has 0 saturated carbocycles. The smallest absolute Gasteiger partial charge is 0.239 e. The van der Waals surface area contributed by atoms with Crippen molar-refractivity contribution in [3.8, 4) is 0 Å². The van der Waals surface area contributed by atoms with Crippen LogP contribution in [0.4, 0.5) is 5.82 Å². The Labute approximate surface area is 141 Å². The van der Waals surface area contributed by atoms with Gasteiger partial charge in [0.15, 0.2) is 0 Å². The zero-order chi connectivity index (χ0) is 16.8. The summed E-state index contributed by atoms with van der Waals surface area (Å²) in [5, 5.41) is 4.16. The summed E-state index contributed by atoms with van der Waals surface area (Å²) in [7, 11) is 1.93. The first-order valence-corrected chi connectivity index (χ1v) is 8.87. The van der Waals surface area contributed by atoms with E-state index in [9.17, 15) is 4.79 Å². The monoisotopic (exact) mass is 332 g/mol. The summed E-state index contributed by atoms with van der Waals surface area (Å²) in [6.07, 6.45) is 3.44. The molecule has 3 rings (SSSR count). The molecule has 0 spiro atoms. The summed E-state index contributed by atoms with van der Waals surface area (Å²) in [6, 6.07) is 0. The van der Waals surface area contributed by atoms with Crippen LogP contribution in [0.5, 0.6) is 0 Å². The second kappa shape index (κ2) is 5.74. The molecule has 2 aromatic heterocycles. The van der Waals surface area contributed by atoms with Crippen molar-refractivity contribution in [1.29, 1.82) is 0 Å². The quantitative estimate of drug-likeness (QED) is 0.939. The van der Waals surface area contributed by atoms with Crippen molar-refractivity contribution in [2.75, 3.05) is 18.5 Å². The van der Waals surface area contributed by atoms with E-state index in [4.69, 9.17) is 0 Å². The zero-order valence-corrected chi connectivity index (χ0v) is 15.3. The summed E-state index contributed by atoms with van der Waals surface area (Å²) in [6.45, 7) is 8.18. The third-order valence-corrected chi connectivity index (χ3v) is 5.10. The summed E-state index contributed by atoms with van der Waals surface area (Å²) < 4.78 is 0. The Kier molecular flexibility index (Phi) is 4.04. The first-order chi connectivity index (χ1) is 10.7. The number of nitrogens with zero attached hydrogens (tertiary/aromatic N) is 3. The van der Waals surface area contributed by atoms with Gasteiger partial charge in [-0.15, -0.1) is 11.3 Å². The van der Waals surface area contributed by atoms with Crippen LogP contribution in [0.3, 0.4) is 0 Å². The number of hydrogen-bond acceptors (Lipinski definition) is 5. The highest BCUT2D eigenvalue weighted by atomic mass is 32.1. The summed E-state index contributed by atoms with van der Waals surface area (Å²) in [5.41, 5.74) is 1.17. The average Bonchev–Trinajstić information content (AvgIpc) is 2.94. The van der Waals surface area contributed by atoms with Crippen molar-refractivity contribution in [3.05, 3.63) is 16.3 Å². The van der Waals surface area contributed by atoms with Gasteiger partial charge in [-0.25, -0.2) is 9.97 Å². The minimum atomic E-state index is -0.224. The number of anilines is 1. The highest BCUT2D eigenvalue weighted by molar-refractivity contribution is 7.19. The highest BCUT2D eigenvalue weighted by Gasteiger charge is 2.24. The maximum Gasteiger partial charge on any atom is 0.239 e. The van der Waals surface area contributed by atoms with Crippen LogP contribution in [0, 0.1) is 6.92 Å². The van der Waals surface area contributed by atoms with Crippen LogP contribution < -0.4 is 10.2 Å². The molecule has 0 atom stereocenters. The predicted octanol–water partition coefficient (Wildman–Crippen LogP) is 2.84. The number of nitrogens with one attached hydrogen (secondary N) is 1. The van der Waals surface area contributed by atoms with E-state index in [-0.39, 0.29) is 11.4 Å². The molecule has 0 fully saturated rings. The molecule has 2 aromatic rings. The Bertz CT molecular complexity index is 760. The number of thiophene rings is 1. The number of likely N-dealkylation sites (N-methyl/N-ethyl adjacent to an activating group) is 1. The largest absolute Gasteiger partial charge is 0.350 e. The Morgan fingerprint density at radius 3 is 2.74 bits per heavy atom. The third kappa shape index (κ3) is 3.32. The number of fused-ring (bicyclic) bond motifs is 3. The Morgan fingerprint density at radius 2 is 2.04 bits per heavy atom. The first-order valence-electron chi connectivity index (χ1n) is 8.05. The number of hydrogen-bond donors (Lipinski definition) is 1. The van der Waals surface area contributed by atoms with Crippen LogP contribution in [0.2, 0.25) is 0 Å². The third-order valence-electron chi connectivity index (χ3n) is 3.91. The lowest BCUT2D eigenvalue weighted by Gasteiger charge is -2.24. The van der Waals surface area contributed by atoms with Crippen molar-refractivity contribution in [2.24, 2.45) is 0 Å². The molecule has 0 radical (unpaired) electrons. The lowest BCUT2D eigenvalue weighted by Crippen LogP contribution is -2.45. The minimum absolute atomic E-state index is 0.0105. The number of amides is 1. The number of aryl methyl sites for hydroxylation is 3.